The second-order valence-electron chi connectivity index (χ2n) is 6.59. The maximum atomic E-state index is 12.7. The number of amides is 1. The van der Waals surface area contributed by atoms with E-state index in [4.69, 9.17) is 5.26 Å². The summed E-state index contributed by atoms with van der Waals surface area (Å²) in [5, 5.41) is 14.6. The first kappa shape index (κ1) is 18.9. The van der Waals surface area contributed by atoms with Crippen molar-refractivity contribution in [2.75, 3.05) is 0 Å². The molecule has 2 aromatic heterocycles. The molecule has 0 saturated carbocycles. The molecule has 2 heterocycles. The van der Waals surface area contributed by atoms with Crippen LogP contribution in [0.3, 0.4) is 0 Å². The molecule has 4 rings (SSSR count). The van der Waals surface area contributed by atoms with E-state index in [-0.39, 0.29) is 11.5 Å². The molecule has 30 heavy (non-hydrogen) atoms. The van der Waals surface area contributed by atoms with Crippen molar-refractivity contribution >= 4 is 5.91 Å². The first-order valence-corrected chi connectivity index (χ1v) is 9.25. The lowest BCUT2D eigenvalue weighted by molar-refractivity contribution is 0.0950. The highest BCUT2D eigenvalue weighted by Gasteiger charge is 2.12. The number of pyridine rings is 1. The molecular formula is C23H17N5O2. The van der Waals surface area contributed by atoms with Crippen LogP contribution in [0.25, 0.3) is 16.9 Å². The van der Waals surface area contributed by atoms with Crippen molar-refractivity contribution < 1.29 is 4.79 Å². The van der Waals surface area contributed by atoms with Crippen LogP contribution < -0.4 is 10.9 Å². The van der Waals surface area contributed by atoms with Gasteiger partial charge in [-0.2, -0.15) is 5.26 Å². The molecule has 0 bridgehead atoms. The summed E-state index contributed by atoms with van der Waals surface area (Å²) in [4.78, 5) is 29.3. The lowest BCUT2D eigenvalue weighted by Crippen LogP contribution is -2.23. The molecule has 0 fully saturated rings. The SMILES string of the molecule is N#Cc1ccc(-c2c[nH]n(-c3ccc(C(=O)NCc4ccccc4)cn3)c2=O)cc1. The van der Waals surface area contributed by atoms with E-state index in [9.17, 15) is 9.59 Å². The number of H-pyrrole nitrogens is 1. The predicted molar refractivity (Wildman–Crippen MR) is 112 cm³/mol. The minimum absolute atomic E-state index is 0.241. The van der Waals surface area contributed by atoms with E-state index in [0.717, 1.165) is 5.56 Å². The first-order valence-electron chi connectivity index (χ1n) is 9.25. The molecule has 0 aliphatic heterocycles. The highest BCUT2D eigenvalue weighted by Crippen LogP contribution is 2.16. The lowest BCUT2D eigenvalue weighted by atomic mass is 10.1. The fourth-order valence-electron chi connectivity index (χ4n) is 3.00. The quantitative estimate of drug-likeness (QED) is 0.542. The number of hydrogen-bond donors (Lipinski definition) is 2. The lowest BCUT2D eigenvalue weighted by Gasteiger charge is -2.06. The first-order chi connectivity index (χ1) is 14.7. The molecule has 7 nitrogen and oxygen atoms in total. The minimum Gasteiger partial charge on any atom is -0.348 e. The van der Waals surface area contributed by atoms with E-state index in [0.29, 0.717) is 34.6 Å². The van der Waals surface area contributed by atoms with Gasteiger partial charge in [-0.25, -0.2) is 9.67 Å². The van der Waals surface area contributed by atoms with Gasteiger partial charge in [0.2, 0.25) is 0 Å². The fourth-order valence-corrected chi connectivity index (χ4v) is 3.00. The third-order valence-electron chi connectivity index (χ3n) is 4.63. The minimum atomic E-state index is -0.270. The van der Waals surface area contributed by atoms with Gasteiger partial charge in [0, 0.05) is 18.9 Å². The van der Waals surface area contributed by atoms with E-state index < -0.39 is 0 Å². The molecule has 4 aromatic rings. The Hall–Kier alpha value is -4.44. The molecule has 0 aliphatic rings. The largest absolute Gasteiger partial charge is 0.348 e. The molecular weight excluding hydrogens is 378 g/mol. The van der Waals surface area contributed by atoms with E-state index in [1.807, 2.05) is 30.3 Å². The summed E-state index contributed by atoms with van der Waals surface area (Å²) in [5.74, 6) is 0.134. The van der Waals surface area contributed by atoms with Crippen LogP contribution in [0.4, 0.5) is 0 Å². The summed E-state index contributed by atoms with van der Waals surface area (Å²) in [7, 11) is 0. The third-order valence-corrected chi connectivity index (χ3v) is 4.63. The molecule has 0 atom stereocenters. The van der Waals surface area contributed by atoms with Crippen LogP contribution in [0.5, 0.6) is 0 Å². The Labute approximate surface area is 172 Å². The second kappa shape index (κ2) is 8.29. The zero-order valence-electron chi connectivity index (χ0n) is 15.9. The number of hydrogen-bond acceptors (Lipinski definition) is 4. The van der Waals surface area contributed by atoms with Crippen LogP contribution in [0, 0.1) is 11.3 Å². The Morgan fingerprint density at radius 1 is 1.07 bits per heavy atom. The number of benzene rings is 2. The van der Waals surface area contributed by atoms with Crippen molar-refractivity contribution in [1.29, 1.82) is 5.26 Å². The zero-order chi connectivity index (χ0) is 20.9. The van der Waals surface area contributed by atoms with Crippen molar-refractivity contribution in [2.45, 2.75) is 6.54 Å². The molecule has 1 amide bonds. The average Bonchev–Trinajstić information content (AvgIpc) is 3.19. The number of nitrogens with one attached hydrogen (secondary N) is 2. The second-order valence-corrected chi connectivity index (χ2v) is 6.59. The number of nitrogens with zero attached hydrogens (tertiary/aromatic N) is 3. The van der Waals surface area contributed by atoms with Gasteiger partial charge in [-0.3, -0.25) is 14.7 Å². The molecule has 7 heteroatoms. The Balaban J connectivity index is 1.50. The smallest absolute Gasteiger partial charge is 0.280 e. The van der Waals surface area contributed by atoms with Crippen LogP contribution in [0.1, 0.15) is 21.5 Å². The van der Waals surface area contributed by atoms with Crippen LogP contribution in [0.2, 0.25) is 0 Å². The summed E-state index contributed by atoms with van der Waals surface area (Å²) >= 11 is 0. The Bertz CT molecular complexity index is 1260. The average molecular weight is 395 g/mol. The number of rotatable bonds is 5. The van der Waals surface area contributed by atoms with Gasteiger partial charge < -0.3 is 5.32 Å². The van der Waals surface area contributed by atoms with Gasteiger partial charge in [-0.05, 0) is 35.4 Å². The van der Waals surface area contributed by atoms with Crippen LogP contribution in [-0.4, -0.2) is 20.7 Å². The van der Waals surface area contributed by atoms with Crippen molar-refractivity contribution in [3.05, 3.63) is 106 Å². The van der Waals surface area contributed by atoms with Crippen molar-refractivity contribution in [2.24, 2.45) is 0 Å². The summed E-state index contributed by atoms with van der Waals surface area (Å²) in [6.07, 6.45) is 3.02. The fraction of sp³-hybridized carbons (Fsp3) is 0.0435. The van der Waals surface area contributed by atoms with Gasteiger partial charge >= 0.3 is 0 Å². The summed E-state index contributed by atoms with van der Waals surface area (Å²) in [5.41, 5.74) is 2.83. The van der Waals surface area contributed by atoms with Crippen molar-refractivity contribution in [1.82, 2.24) is 20.1 Å². The highest BCUT2D eigenvalue weighted by atomic mass is 16.1. The Kier molecular flexibility index (Phi) is 5.22. The number of aromatic nitrogens is 3. The Morgan fingerprint density at radius 2 is 1.83 bits per heavy atom. The van der Waals surface area contributed by atoms with Gasteiger partial charge in [-0.1, -0.05) is 42.5 Å². The van der Waals surface area contributed by atoms with Crippen LogP contribution in [-0.2, 0) is 6.54 Å². The molecule has 0 unspecified atom stereocenters. The third kappa shape index (κ3) is 3.88. The molecule has 0 spiro atoms. The molecule has 2 aromatic carbocycles. The standard InChI is InChI=1S/C23H17N5O2/c24-12-16-6-8-18(9-7-16)20-15-27-28(23(20)30)21-11-10-19(14-25-21)22(29)26-13-17-4-2-1-3-5-17/h1-11,14-15,27H,13H2,(H,26,29). The van der Waals surface area contributed by atoms with Gasteiger partial charge in [-0.15, -0.1) is 0 Å². The van der Waals surface area contributed by atoms with Crippen LogP contribution >= 0.6 is 0 Å². The highest BCUT2D eigenvalue weighted by molar-refractivity contribution is 5.93. The van der Waals surface area contributed by atoms with Gasteiger partial charge in [0.1, 0.15) is 0 Å². The topological polar surface area (TPSA) is 104 Å². The van der Waals surface area contributed by atoms with Gasteiger partial charge in [0.15, 0.2) is 5.82 Å². The number of aromatic amines is 1. The Morgan fingerprint density at radius 3 is 2.50 bits per heavy atom. The normalized spacial score (nSPS) is 10.4. The molecule has 0 radical (unpaired) electrons. The predicted octanol–water partition coefficient (Wildman–Crippen LogP) is 3.03. The van der Waals surface area contributed by atoms with E-state index >= 15 is 0 Å². The maximum absolute atomic E-state index is 12.7. The van der Waals surface area contributed by atoms with Crippen molar-refractivity contribution in [3.63, 3.8) is 0 Å². The number of nitriles is 1. The van der Waals surface area contributed by atoms with Crippen molar-refractivity contribution in [3.8, 4) is 23.0 Å². The monoisotopic (exact) mass is 395 g/mol. The maximum Gasteiger partial charge on any atom is 0.280 e. The summed E-state index contributed by atoms with van der Waals surface area (Å²) in [6, 6.07) is 21.7. The molecule has 2 N–H and O–H groups in total. The zero-order valence-corrected chi connectivity index (χ0v) is 15.9. The van der Waals surface area contributed by atoms with Gasteiger partial charge in [0.05, 0.1) is 22.8 Å². The molecule has 0 saturated heterocycles. The number of carbonyl (C=O) groups is 1. The van der Waals surface area contributed by atoms with Gasteiger partial charge in [0.25, 0.3) is 11.5 Å². The summed E-state index contributed by atoms with van der Waals surface area (Å²) < 4.78 is 1.30. The molecule has 0 aliphatic carbocycles. The summed E-state index contributed by atoms with van der Waals surface area (Å²) in [6.45, 7) is 0.422. The number of carbonyl (C=O) groups excluding carboxylic acids is 1. The van der Waals surface area contributed by atoms with Crippen LogP contribution in [0.15, 0.2) is 83.9 Å². The van der Waals surface area contributed by atoms with E-state index in [2.05, 4.69) is 21.5 Å². The van der Waals surface area contributed by atoms with E-state index in [1.54, 1.807) is 42.6 Å². The molecule has 146 valence electrons. The van der Waals surface area contributed by atoms with E-state index in [1.165, 1.54) is 10.9 Å².